The van der Waals surface area contributed by atoms with E-state index in [1.165, 1.54) is 7.11 Å². The maximum Gasteiger partial charge on any atom is 0.327 e. The molecule has 1 aliphatic rings. The SMILES string of the molecule is COC(=O)[C@H](c1ccccc1Cl)N1CCN(C(=O)c2cccc(C#N)c2)CC1. The van der Waals surface area contributed by atoms with Crippen molar-refractivity contribution in [2.75, 3.05) is 33.3 Å². The van der Waals surface area contributed by atoms with Gasteiger partial charge >= 0.3 is 5.97 Å². The second-order valence-electron chi connectivity index (χ2n) is 6.47. The first-order valence-electron chi connectivity index (χ1n) is 8.91. The number of esters is 1. The maximum atomic E-state index is 12.7. The van der Waals surface area contributed by atoms with Gasteiger partial charge in [0.25, 0.3) is 5.91 Å². The summed E-state index contributed by atoms with van der Waals surface area (Å²) in [6.45, 7) is 1.95. The van der Waals surface area contributed by atoms with Crippen LogP contribution in [-0.4, -0.2) is 55.0 Å². The number of methoxy groups -OCH3 is 1. The number of carbonyl (C=O) groups excluding carboxylic acids is 2. The zero-order valence-corrected chi connectivity index (χ0v) is 16.2. The van der Waals surface area contributed by atoms with Crippen molar-refractivity contribution in [3.8, 4) is 6.07 Å². The van der Waals surface area contributed by atoms with Gasteiger partial charge in [0.15, 0.2) is 0 Å². The summed E-state index contributed by atoms with van der Waals surface area (Å²) in [4.78, 5) is 28.9. The molecule has 144 valence electrons. The normalized spacial score (nSPS) is 15.5. The minimum atomic E-state index is -0.613. The lowest BCUT2D eigenvalue weighted by molar-refractivity contribution is -0.148. The Balaban J connectivity index is 1.74. The molecule has 1 heterocycles. The summed E-state index contributed by atoms with van der Waals surface area (Å²) in [7, 11) is 1.36. The molecule has 1 amide bonds. The standard InChI is InChI=1S/C21H20ClN3O3/c1-28-21(27)19(17-7-2-3-8-18(17)22)24-9-11-25(12-10-24)20(26)16-6-4-5-15(13-16)14-23/h2-8,13,19H,9-12H2,1H3/t19-/m0/s1. The van der Waals surface area contributed by atoms with E-state index in [4.69, 9.17) is 21.6 Å². The molecule has 0 bridgehead atoms. The van der Waals surface area contributed by atoms with Gasteiger partial charge in [-0.05, 0) is 29.8 Å². The first kappa shape index (κ1) is 19.9. The third-order valence-electron chi connectivity index (χ3n) is 4.83. The van der Waals surface area contributed by atoms with Crippen LogP contribution in [0.15, 0.2) is 48.5 Å². The molecular weight excluding hydrogens is 378 g/mol. The summed E-state index contributed by atoms with van der Waals surface area (Å²) < 4.78 is 4.99. The van der Waals surface area contributed by atoms with E-state index < -0.39 is 6.04 Å². The van der Waals surface area contributed by atoms with Gasteiger partial charge in [0, 0.05) is 36.8 Å². The van der Waals surface area contributed by atoms with E-state index in [-0.39, 0.29) is 11.9 Å². The number of nitriles is 1. The fraction of sp³-hybridized carbons (Fsp3) is 0.286. The number of nitrogens with zero attached hydrogens (tertiary/aromatic N) is 3. The molecule has 0 radical (unpaired) electrons. The van der Waals surface area contributed by atoms with Gasteiger partial charge in [-0.25, -0.2) is 4.79 Å². The van der Waals surface area contributed by atoms with E-state index in [0.29, 0.717) is 47.9 Å². The van der Waals surface area contributed by atoms with Crippen LogP contribution in [0.1, 0.15) is 27.5 Å². The maximum absolute atomic E-state index is 12.7. The number of hydrogen-bond donors (Lipinski definition) is 0. The molecule has 0 unspecified atom stereocenters. The van der Waals surface area contributed by atoms with Crippen molar-refractivity contribution in [1.82, 2.24) is 9.80 Å². The van der Waals surface area contributed by atoms with E-state index in [1.807, 2.05) is 29.2 Å². The van der Waals surface area contributed by atoms with Crippen LogP contribution in [0.5, 0.6) is 0 Å². The predicted molar refractivity (Wildman–Crippen MR) is 105 cm³/mol. The van der Waals surface area contributed by atoms with Crippen molar-refractivity contribution < 1.29 is 14.3 Å². The van der Waals surface area contributed by atoms with Crippen LogP contribution in [0.25, 0.3) is 0 Å². The summed E-state index contributed by atoms with van der Waals surface area (Å²) in [5.74, 6) is -0.501. The molecule has 3 rings (SSSR count). The Labute approximate surface area is 168 Å². The largest absolute Gasteiger partial charge is 0.468 e. The van der Waals surface area contributed by atoms with Gasteiger partial charge < -0.3 is 9.64 Å². The Hall–Kier alpha value is -2.88. The third-order valence-corrected chi connectivity index (χ3v) is 5.17. The van der Waals surface area contributed by atoms with Crippen LogP contribution in [0, 0.1) is 11.3 Å². The van der Waals surface area contributed by atoms with Gasteiger partial charge in [-0.1, -0.05) is 35.9 Å². The molecule has 0 aliphatic carbocycles. The fourth-order valence-electron chi connectivity index (χ4n) is 3.37. The lowest BCUT2D eigenvalue weighted by Gasteiger charge is -2.38. The molecule has 0 spiro atoms. The van der Waals surface area contributed by atoms with Crippen molar-refractivity contribution >= 4 is 23.5 Å². The minimum absolute atomic E-state index is 0.121. The highest BCUT2D eigenvalue weighted by Crippen LogP contribution is 2.29. The molecule has 2 aromatic rings. The topological polar surface area (TPSA) is 73.6 Å². The van der Waals surface area contributed by atoms with Crippen LogP contribution < -0.4 is 0 Å². The number of benzene rings is 2. The Kier molecular flexibility index (Phi) is 6.30. The van der Waals surface area contributed by atoms with Crippen LogP contribution in [0.4, 0.5) is 0 Å². The summed E-state index contributed by atoms with van der Waals surface area (Å²) in [5.41, 5.74) is 1.63. The number of rotatable bonds is 4. The second-order valence-corrected chi connectivity index (χ2v) is 6.88. The molecule has 28 heavy (non-hydrogen) atoms. The zero-order chi connectivity index (χ0) is 20.1. The molecule has 1 atom stereocenters. The molecule has 1 saturated heterocycles. The number of carbonyl (C=O) groups is 2. The third kappa shape index (κ3) is 4.16. The quantitative estimate of drug-likeness (QED) is 0.741. The first-order valence-corrected chi connectivity index (χ1v) is 9.28. The molecule has 0 N–H and O–H groups in total. The lowest BCUT2D eigenvalue weighted by Crippen LogP contribution is -2.51. The van der Waals surface area contributed by atoms with E-state index in [9.17, 15) is 9.59 Å². The highest BCUT2D eigenvalue weighted by Gasteiger charge is 2.33. The highest BCUT2D eigenvalue weighted by molar-refractivity contribution is 6.31. The predicted octanol–water partition coefficient (Wildman–Crippen LogP) is 2.88. The lowest BCUT2D eigenvalue weighted by atomic mass is 10.0. The summed E-state index contributed by atoms with van der Waals surface area (Å²) >= 11 is 6.30. The van der Waals surface area contributed by atoms with Gasteiger partial charge in [0.1, 0.15) is 6.04 Å². The Morgan fingerprint density at radius 2 is 1.82 bits per heavy atom. The number of hydrogen-bond acceptors (Lipinski definition) is 5. The fourth-order valence-corrected chi connectivity index (χ4v) is 3.61. The minimum Gasteiger partial charge on any atom is -0.468 e. The van der Waals surface area contributed by atoms with Crippen LogP contribution in [0.2, 0.25) is 5.02 Å². The van der Waals surface area contributed by atoms with Crippen LogP contribution in [-0.2, 0) is 9.53 Å². The molecule has 7 heteroatoms. The summed E-state index contributed by atoms with van der Waals surface area (Å²) in [5, 5.41) is 9.52. The van der Waals surface area contributed by atoms with E-state index in [0.717, 1.165) is 0 Å². The molecule has 1 fully saturated rings. The van der Waals surface area contributed by atoms with Gasteiger partial charge in [0.2, 0.25) is 0 Å². The van der Waals surface area contributed by atoms with Gasteiger partial charge in [0.05, 0.1) is 18.7 Å². The van der Waals surface area contributed by atoms with Gasteiger partial charge in [-0.2, -0.15) is 5.26 Å². The number of ether oxygens (including phenoxy) is 1. The number of amides is 1. The Bertz CT molecular complexity index is 917. The molecule has 2 aromatic carbocycles. The Morgan fingerprint density at radius 1 is 1.11 bits per heavy atom. The molecule has 0 aromatic heterocycles. The average Bonchev–Trinajstić information content (AvgIpc) is 2.75. The van der Waals surface area contributed by atoms with Crippen LogP contribution in [0.3, 0.4) is 0 Å². The van der Waals surface area contributed by atoms with E-state index in [2.05, 4.69) is 0 Å². The van der Waals surface area contributed by atoms with E-state index >= 15 is 0 Å². The smallest absolute Gasteiger partial charge is 0.327 e. The monoisotopic (exact) mass is 397 g/mol. The van der Waals surface area contributed by atoms with E-state index in [1.54, 1.807) is 35.2 Å². The average molecular weight is 398 g/mol. The molecular formula is C21H20ClN3O3. The summed E-state index contributed by atoms with van der Waals surface area (Å²) in [6, 6.07) is 15.3. The van der Waals surface area contributed by atoms with Crippen molar-refractivity contribution in [3.63, 3.8) is 0 Å². The molecule has 6 nitrogen and oxygen atoms in total. The Morgan fingerprint density at radius 3 is 2.46 bits per heavy atom. The second kappa shape index (κ2) is 8.87. The van der Waals surface area contributed by atoms with Gasteiger partial charge in [-0.3, -0.25) is 9.69 Å². The highest BCUT2D eigenvalue weighted by atomic mass is 35.5. The van der Waals surface area contributed by atoms with Crippen molar-refractivity contribution in [2.24, 2.45) is 0 Å². The first-order chi connectivity index (χ1) is 13.5. The van der Waals surface area contributed by atoms with Crippen molar-refractivity contribution in [1.29, 1.82) is 5.26 Å². The van der Waals surface area contributed by atoms with Crippen LogP contribution >= 0.6 is 11.6 Å². The molecule has 1 aliphatic heterocycles. The zero-order valence-electron chi connectivity index (χ0n) is 15.5. The van der Waals surface area contributed by atoms with Gasteiger partial charge in [-0.15, -0.1) is 0 Å². The molecule has 0 saturated carbocycles. The number of halogens is 1. The van der Waals surface area contributed by atoms with Crippen molar-refractivity contribution in [3.05, 3.63) is 70.2 Å². The number of piperazine rings is 1. The summed E-state index contributed by atoms with van der Waals surface area (Å²) in [6.07, 6.45) is 0. The van der Waals surface area contributed by atoms with Crippen molar-refractivity contribution in [2.45, 2.75) is 6.04 Å².